The molecular formula is C13H17N3O2S2. The van der Waals surface area contributed by atoms with Gasteiger partial charge in [0.2, 0.25) is 0 Å². The third-order valence-electron chi connectivity index (χ3n) is 3.61. The first kappa shape index (κ1) is 13.8. The van der Waals surface area contributed by atoms with E-state index in [0.29, 0.717) is 12.3 Å². The second-order valence-electron chi connectivity index (χ2n) is 5.16. The fraction of sp³-hybridized carbons (Fsp3) is 0.538. The van der Waals surface area contributed by atoms with Crippen LogP contribution in [0.25, 0.3) is 10.2 Å². The predicted molar refractivity (Wildman–Crippen MR) is 82.0 cm³/mol. The van der Waals surface area contributed by atoms with E-state index in [1.54, 1.807) is 17.7 Å². The molecule has 1 unspecified atom stereocenters. The van der Waals surface area contributed by atoms with Gasteiger partial charge in [0.05, 0.1) is 16.9 Å². The van der Waals surface area contributed by atoms with Crippen LogP contribution in [0.15, 0.2) is 12.4 Å². The van der Waals surface area contributed by atoms with Gasteiger partial charge in [-0.2, -0.15) is 0 Å². The Morgan fingerprint density at radius 3 is 3.00 bits per heavy atom. The molecule has 1 aliphatic rings. The highest BCUT2D eigenvalue weighted by Crippen LogP contribution is 2.29. The molecule has 0 amide bonds. The number of thiophene rings is 1. The number of aryl methyl sites for hydroxylation is 1. The van der Waals surface area contributed by atoms with Crippen molar-refractivity contribution >= 4 is 37.2 Å². The van der Waals surface area contributed by atoms with Crippen LogP contribution < -0.4 is 5.32 Å². The van der Waals surface area contributed by atoms with Crippen LogP contribution in [0.1, 0.15) is 18.2 Å². The Labute approximate surface area is 122 Å². The van der Waals surface area contributed by atoms with E-state index in [-0.39, 0.29) is 11.7 Å². The van der Waals surface area contributed by atoms with E-state index in [2.05, 4.69) is 28.3 Å². The largest absolute Gasteiger partial charge is 0.369 e. The quantitative estimate of drug-likeness (QED) is 0.936. The van der Waals surface area contributed by atoms with Crippen LogP contribution in [-0.2, 0) is 16.3 Å². The van der Waals surface area contributed by atoms with Gasteiger partial charge in [0.15, 0.2) is 9.84 Å². The van der Waals surface area contributed by atoms with E-state index in [9.17, 15) is 8.42 Å². The highest BCUT2D eigenvalue weighted by atomic mass is 32.2. The summed E-state index contributed by atoms with van der Waals surface area (Å²) in [5, 5.41) is 4.33. The number of nitrogens with zero attached hydrogens (tertiary/aromatic N) is 2. The molecule has 1 saturated heterocycles. The molecule has 108 valence electrons. The van der Waals surface area contributed by atoms with Gasteiger partial charge in [-0.15, -0.1) is 11.3 Å². The molecule has 0 saturated carbocycles. The SMILES string of the molecule is CCc1cc2c(NCC3CCS(=O)(=O)C3)ncnc2s1. The number of rotatable bonds is 4. The smallest absolute Gasteiger partial charge is 0.150 e. The first-order valence-electron chi connectivity index (χ1n) is 6.75. The van der Waals surface area contributed by atoms with Crippen molar-refractivity contribution in [3.05, 3.63) is 17.3 Å². The van der Waals surface area contributed by atoms with Crippen LogP contribution in [0.3, 0.4) is 0 Å². The number of sulfone groups is 1. The molecule has 7 heteroatoms. The van der Waals surface area contributed by atoms with Crippen LogP contribution in [0.5, 0.6) is 0 Å². The average Bonchev–Trinajstić information content (AvgIpc) is 2.99. The Bertz CT molecular complexity index is 724. The third-order valence-corrected chi connectivity index (χ3v) is 6.64. The molecule has 1 N–H and O–H groups in total. The minimum absolute atomic E-state index is 0.189. The number of aromatic nitrogens is 2. The van der Waals surface area contributed by atoms with Crippen molar-refractivity contribution in [3.63, 3.8) is 0 Å². The standard InChI is InChI=1S/C13H17N3O2S2/c1-2-10-5-11-12(15-8-16-13(11)19-10)14-6-9-3-4-20(17,18)7-9/h5,8-9H,2-4,6-7H2,1H3,(H,14,15,16). The summed E-state index contributed by atoms with van der Waals surface area (Å²) in [6, 6.07) is 2.12. The highest BCUT2D eigenvalue weighted by Gasteiger charge is 2.27. The van der Waals surface area contributed by atoms with Crippen molar-refractivity contribution in [1.82, 2.24) is 9.97 Å². The lowest BCUT2D eigenvalue weighted by Gasteiger charge is -2.10. The van der Waals surface area contributed by atoms with Gasteiger partial charge in [-0.05, 0) is 24.8 Å². The highest BCUT2D eigenvalue weighted by molar-refractivity contribution is 7.91. The van der Waals surface area contributed by atoms with Gasteiger partial charge in [-0.25, -0.2) is 18.4 Å². The van der Waals surface area contributed by atoms with Gasteiger partial charge in [-0.1, -0.05) is 6.92 Å². The summed E-state index contributed by atoms with van der Waals surface area (Å²) >= 11 is 1.68. The molecule has 3 heterocycles. The van der Waals surface area contributed by atoms with Crippen molar-refractivity contribution in [3.8, 4) is 0 Å². The van der Waals surface area contributed by atoms with Crippen LogP contribution >= 0.6 is 11.3 Å². The lowest BCUT2D eigenvalue weighted by Crippen LogP contribution is -2.16. The molecule has 3 rings (SSSR count). The van der Waals surface area contributed by atoms with E-state index in [4.69, 9.17) is 0 Å². The summed E-state index contributed by atoms with van der Waals surface area (Å²) in [6.07, 6.45) is 3.29. The summed E-state index contributed by atoms with van der Waals surface area (Å²) < 4.78 is 22.9. The fourth-order valence-electron chi connectivity index (χ4n) is 2.49. The summed E-state index contributed by atoms with van der Waals surface area (Å²) in [5.74, 6) is 1.61. The number of hydrogen-bond donors (Lipinski definition) is 1. The topological polar surface area (TPSA) is 72.0 Å². The molecule has 5 nitrogen and oxygen atoms in total. The molecule has 20 heavy (non-hydrogen) atoms. The third kappa shape index (κ3) is 2.78. The zero-order chi connectivity index (χ0) is 14.2. The van der Waals surface area contributed by atoms with E-state index in [1.807, 2.05) is 0 Å². The van der Waals surface area contributed by atoms with Crippen LogP contribution in [0, 0.1) is 5.92 Å². The van der Waals surface area contributed by atoms with Crippen molar-refractivity contribution in [2.24, 2.45) is 5.92 Å². The summed E-state index contributed by atoms with van der Waals surface area (Å²) in [5.41, 5.74) is 0. The van der Waals surface area contributed by atoms with Crippen molar-refractivity contribution < 1.29 is 8.42 Å². The molecule has 2 aromatic rings. The molecule has 1 aliphatic heterocycles. The zero-order valence-corrected chi connectivity index (χ0v) is 12.9. The fourth-order valence-corrected chi connectivity index (χ4v) is 5.29. The van der Waals surface area contributed by atoms with Crippen LogP contribution in [0.4, 0.5) is 5.82 Å². The summed E-state index contributed by atoms with van der Waals surface area (Å²) in [4.78, 5) is 10.8. The van der Waals surface area contributed by atoms with Gasteiger partial charge in [0, 0.05) is 11.4 Å². The lowest BCUT2D eigenvalue weighted by atomic mass is 10.1. The maximum atomic E-state index is 11.5. The Morgan fingerprint density at radius 1 is 1.45 bits per heavy atom. The number of anilines is 1. The second-order valence-corrected chi connectivity index (χ2v) is 8.50. The molecule has 0 bridgehead atoms. The van der Waals surface area contributed by atoms with E-state index in [1.165, 1.54) is 4.88 Å². The molecule has 2 aromatic heterocycles. The molecule has 1 atom stereocenters. The van der Waals surface area contributed by atoms with Crippen LogP contribution in [-0.4, -0.2) is 36.4 Å². The molecular weight excluding hydrogens is 294 g/mol. The summed E-state index contributed by atoms with van der Waals surface area (Å²) in [6.45, 7) is 2.78. The normalized spacial score (nSPS) is 21.4. The van der Waals surface area contributed by atoms with E-state index >= 15 is 0 Å². The van der Waals surface area contributed by atoms with E-state index in [0.717, 1.165) is 28.9 Å². The van der Waals surface area contributed by atoms with Gasteiger partial charge >= 0.3 is 0 Å². The number of fused-ring (bicyclic) bond motifs is 1. The Morgan fingerprint density at radius 2 is 2.30 bits per heavy atom. The minimum atomic E-state index is -2.81. The van der Waals surface area contributed by atoms with Crippen LogP contribution in [0.2, 0.25) is 0 Å². The van der Waals surface area contributed by atoms with E-state index < -0.39 is 9.84 Å². The average molecular weight is 311 g/mol. The van der Waals surface area contributed by atoms with Crippen molar-refractivity contribution in [1.29, 1.82) is 0 Å². The monoisotopic (exact) mass is 311 g/mol. The first-order chi connectivity index (χ1) is 9.57. The van der Waals surface area contributed by atoms with Crippen molar-refractivity contribution in [2.75, 3.05) is 23.4 Å². The molecule has 0 spiro atoms. The van der Waals surface area contributed by atoms with Gasteiger partial charge in [-0.3, -0.25) is 0 Å². The minimum Gasteiger partial charge on any atom is -0.369 e. The molecule has 0 aromatic carbocycles. The molecule has 1 fully saturated rings. The molecule has 0 aliphatic carbocycles. The lowest BCUT2D eigenvalue weighted by molar-refractivity contribution is 0.596. The maximum absolute atomic E-state index is 11.5. The number of nitrogens with one attached hydrogen (secondary N) is 1. The van der Waals surface area contributed by atoms with Gasteiger partial charge in [0.1, 0.15) is 17.0 Å². The maximum Gasteiger partial charge on any atom is 0.150 e. The van der Waals surface area contributed by atoms with Gasteiger partial charge in [0.25, 0.3) is 0 Å². The Balaban J connectivity index is 1.76. The summed E-state index contributed by atoms with van der Waals surface area (Å²) in [7, 11) is -2.81. The Hall–Kier alpha value is -1.21. The predicted octanol–water partition coefficient (Wildman–Crippen LogP) is 2.10. The zero-order valence-electron chi connectivity index (χ0n) is 11.3. The molecule has 0 radical (unpaired) electrons. The van der Waals surface area contributed by atoms with Crippen molar-refractivity contribution in [2.45, 2.75) is 19.8 Å². The Kier molecular flexibility index (Phi) is 3.64. The van der Waals surface area contributed by atoms with Gasteiger partial charge < -0.3 is 5.32 Å². The number of hydrogen-bond acceptors (Lipinski definition) is 6. The first-order valence-corrected chi connectivity index (χ1v) is 9.39. The second kappa shape index (κ2) is 5.29.